The molecular weight excluding hydrogens is 462 g/mol. The summed E-state index contributed by atoms with van der Waals surface area (Å²) in [5.74, 6) is -0.0799. The monoisotopic (exact) mass is 501 g/mol. The first kappa shape index (κ1) is 28.4. The number of amides is 2. The summed E-state index contributed by atoms with van der Waals surface area (Å²) < 4.78 is 26.3. The van der Waals surface area contributed by atoms with Crippen molar-refractivity contribution in [2.75, 3.05) is 23.7 Å². The van der Waals surface area contributed by atoms with Crippen LogP contribution in [0.25, 0.3) is 0 Å². The Kier molecular flexibility index (Phi) is 10.3. The van der Waals surface area contributed by atoms with Crippen molar-refractivity contribution in [3.05, 3.63) is 65.2 Å². The number of nitrogens with one attached hydrogen (secondary N) is 1. The first-order chi connectivity index (χ1) is 16.4. The molecule has 0 bridgehead atoms. The van der Waals surface area contributed by atoms with E-state index in [1.54, 1.807) is 24.0 Å². The maximum absolute atomic E-state index is 13.3. The van der Waals surface area contributed by atoms with Gasteiger partial charge in [0.1, 0.15) is 6.04 Å². The zero-order chi connectivity index (χ0) is 26.2. The van der Waals surface area contributed by atoms with Gasteiger partial charge in [0.25, 0.3) is 0 Å². The molecule has 0 saturated carbocycles. The molecule has 0 heterocycles. The second kappa shape index (κ2) is 12.7. The van der Waals surface area contributed by atoms with Gasteiger partial charge < -0.3 is 10.2 Å². The van der Waals surface area contributed by atoms with E-state index >= 15 is 0 Å². The molecule has 192 valence electrons. The zero-order valence-electron chi connectivity index (χ0n) is 21.7. The van der Waals surface area contributed by atoms with E-state index in [4.69, 9.17) is 0 Å². The maximum atomic E-state index is 13.3. The molecule has 0 radical (unpaired) electrons. The molecule has 2 aromatic carbocycles. The highest BCUT2D eigenvalue weighted by molar-refractivity contribution is 7.92. The Morgan fingerprint density at radius 1 is 0.971 bits per heavy atom. The second-order valence-electron chi connectivity index (χ2n) is 9.55. The number of carbonyl (C=O) groups excluding carboxylic acids is 2. The van der Waals surface area contributed by atoms with Crippen LogP contribution in [0.5, 0.6) is 0 Å². The zero-order valence-corrected chi connectivity index (χ0v) is 22.6. The van der Waals surface area contributed by atoms with E-state index in [-0.39, 0.29) is 24.8 Å². The van der Waals surface area contributed by atoms with Gasteiger partial charge in [0, 0.05) is 26.1 Å². The Morgan fingerprint density at radius 3 is 2.17 bits per heavy atom. The Bertz CT molecular complexity index is 1100. The summed E-state index contributed by atoms with van der Waals surface area (Å²) in [5.41, 5.74) is 3.51. The smallest absolute Gasteiger partial charge is 0.242 e. The maximum Gasteiger partial charge on any atom is 0.242 e. The molecular formula is C27H39N3O4S. The molecule has 2 amide bonds. The predicted molar refractivity (Wildman–Crippen MR) is 142 cm³/mol. The number of hydrogen-bond acceptors (Lipinski definition) is 4. The van der Waals surface area contributed by atoms with E-state index in [9.17, 15) is 18.0 Å². The normalized spacial score (nSPS) is 12.3. The average molecular weight is 502 g/mol. The third kappa shape index (κ3) is 8.69. The lowest BCUT2D eigenvalue weighted by molar-refractivity contribution is -0.140. The summed E-state index contributed by atoms with van der Waals surface area (Å²) in [6.45, 7) is 10.7. The van der Waals surface area contributed by atoms with Crippen molar-refractivity contribution in [3.8, 4) is 0 Å². The van der Waals surface area contributed by atoms with Gasteiger partial charge in [0.05, 0.1) is 11.9 Å². The molecule has 2 aromatic rings. The summed E-state index contributed by atoms with van der Waals surface area (Å²) >= 11 is 0. The molecule has 0 aliphatic rings. The summed E-state index contributed by atoms with van der Waals surface area (Å²) in [6.07, 6.45) is 1.64. The SMILES string of the molecule is Cc1ccc(CN(C(=O)CCCN(c2ccccc2C)S(C)(=O)=O)[C@@H](C)C(=O)NCC(C)C)cc1. The molecule has 0 spiro atoms. The number of para-hydroxylation sites is 1. The van der Waals surface area contributed by atoms with Gasteiger partial charge in [-0.05, 0) is 50.3 Å². The van der Waals surface area contributed by atoms with Gasteiger partial charge in [-0.1, -0.05) is 61.9 Å². The number of aryl methyl sites for hydroxylation is 2. The molecule has 1 N–H and O–H groups in total. The van der Waals surface area contributed by atoms with E-state index in [0.29, 0.717) is 31.1 Å². The molecule has 0 fully saturated rings. The molecule has 35 heavy (non-hydrogen) atoms. The van der Waals surface area contributed by atoms with E-state index < -0.39 is 16.1 Å². The highest BCUT2D eigenvalue weighted by Crippen LogP contribution is 2.23. The van der Waals surface area contributed by atoms with Gasteiger partial charge >= 0.3 is 0 Å². The lowest BCUT2D eigenvalue weighted by Crippen LogP contribution is -2.48. The Hall–Kier alpha value is -2.87. The predicted octanol–water partition coefficient (Wildman–Crippen LogP) is 4.04. The molecule has 7 nitrogen and oxygen atoms in total. The van der Waals surface area contributed by atoms with Crippen molar-refractivity contribution in [3.63, 3.8) is 0 Å². The largest absolute Gasteiger partial charge is 0.354 e. The minimum atomic E-state index is -3.51. The third-order valence-corrected chi connectivity index (χ3v) is 7.04. The van der Waals surface area contributed by atoms with Crippen LogP contribution in [0.15, 0.2) is 48.5 Å². The fraction of sp³-hybridized carbons (Fsp3) is 0.481. The number of carbonyl (C=O) groups is 2. The first-order valence-electron chi connectivity index (χ1n) is 12.1. The van der Waals surface area contributed by atoms with Crippen LogP contribution in [0.3, 0.4) is 0 Å². The van der Waals surface area contributed by atoms with E-state index in [1.165, 1.54) is 10.6 Å². The number of sulfonamides is 1. The van der Waals surface area contributed by atoms with Gasteiger partial charge in [-0.25, -0.2) is 8.42 Å². The van der Waals surface area contributed by atoms with Gasteiger partial charge in [0.2, 0.25) is 21.8 Å². The van der Waals surface area contributed by atoms with Crippen LogP contribution < -0.4 is 9.62 Å². The average Bonchev–Trinajstić information content (AvgIpc) is 2.79. The van der Waals surface area contributed by atoms with Crippen LogP contribution in [0.2, 0.25) is 0 Å². The third-order valence-electron chi connectivity index (χ3n) is 5.86. The molecule has 0 aliphatic heterocycles. The lowest BCUT2D eigenvalue weighted by atomic mass is 10.1. The highest BCUT2D eigenvalue weighted by Gasteiger charge is 2.27. The van der Waals surface area contributed by atoms with Crippen LogP contribution in [0, 0.1) is 19.8 Å². The van der Waals surface area contributed by atoms with Crippen molar-refractivity contribution in [2.45, 2.75) is 60.0 Å². The van der Waals surface area contributed by atoms with Crippen LogP contribution in [0.1, 0.15) is 50.3 Å². The Morgan fingerprint density at radius 2 is 1.60 bits per heavy atom. The summed E-state index contributed by atoms with van der Waals surface area (Å²) in [4.78, 5) is 27.7. The molecule has 0 saturated heterocycles. The fourth-order valence-electron chi connectivity index (χ4n) is 3.75. The minimum Gasteiger partial charge on any atom is -0.354 e. The topological polar surface area (TPSA) is 86.8 Å². The van der Waals surface area contributed by atoms with E-state index in [0.717, 1.165) is 16.7 Å². The van der Waals surface area contributed by atoms with Crippen molar-refractivity contribution >= 4 is 27.5 Å². The highest BCUT2D eigenvalue weighted by atomic mass is 32.2. The summed E-state index contributed by atoms with van der Waals surface area (Å²) in [7, 11) is -3.51. The van der Waals surface area contributed by atoms with Crippen molar-refractivity contribution in [2.24, 2.45) is 5.92 Å². The molecule has 0 aliphatic carbocycles. The van der Waals surface area contributed by atoms with Crippen LogP contribution >= 0.6 is 0 Å². The molecule has 0 unspecified atom stereocenters. The minimum absolute atomic E-state index is 0.131. The number of hydrogen-bond donors (Lipinski definition) is 1. The molecule has 2 rings (SSSR count). The number of anilines is 1. The van der Waals surface area contributed by atoms with E-state index in [1.807, 2.05) is 64.1 Å². The van der Waals surface area contributed by atoms with Gasteiger partial charge in [-0.3, -0.25) is 13.9 Å². The summed E-state index contributed by atoms with van der Waals surface area (Å²) in [5, 5.41) is 2.91. The van der Waals surface area contributed by atoms with Gasteiger partial charge in [-0.2, -0.15) is 0 Å². The van der Waals surface area contributed by atoms with Crippen molar-refractivity contribution in [1.82, 2.24) is 10.2 Å². The molecule has 0 aromatic heterocycles. The second-order valence-corrected chi connectivity index (χ2v) is 11.5. The lowest BCUT2D eigenvalue weighted by Gasteiger charge is -2.30. The molecule has 1 atom stereocenters. The fourth-order valence-corrected chi connectivity index (χ4v) is 4.77. The van der Waals surface area contributed by atoms with Crippen molar-refractivity contribution in [1.29, 1.82) is 0 Å². The quantitative estimate of drug-likeness (QED) is 0.476. The first-order valence-corrected chi connectivity index (χ1v) is 13.9. The standard InChI is InChI=1S/C27H39N3O4S/c1-20(2)18-28-27(32)23(5)29(19-24-15-13-21(3)14-16-24)26(31)12-9-17-30(35(6,33)34)25-11-8-7-10-22(25)4/h7-8,10-11,13-16,20,23H,9,12,17-19H2,1-6H3,(H,28,32)/t23-/m0/s1. The Balaban J connectivity index is 2.16. The van der Waals surface area contributed by atoms with Crippen LogP contribution in [0.4, 0.5) is 5.69 Å². The number of benzene rings is 2. The number of nitrogens with zero attached hydrogens (tertiary/aromatic N) is 2. The molecule has 8 heteroatoms. The van der Waals surface area contributed by atoms with E-state index in [2.05, 4.69) is 5.32 Å². The summed E-state index contributed by atoms with van der Waals surface area (Å²) in [6, 6.07) is 14.5. The van der Waals surface area contributed by atoms with Crippen LogP contribution in [-0.2, 0) is 26.2 Å². The van der Waals surface area contributed by atoms with Crippen molar-refractivity contribution < 1.29 is 18.0 Å². The van der Waals surface area contributed by atoms with Gasteiger partial charge in [0.15, 0.2) is 0 Å². The van der Waals surface area contributed by atoms with Crippen LogP contribution in [-0.4, -0.2) is 50.5 Å². The van der Waals surface area contributed by atoms with Gasteiger partial charge in [-0.15, -0.1) is 0 Å². The Labute approximate surface area is 210 Å². The number of rotatable bonds is 12.